The molecule has 0 spiro atoms. The van der Waals surface area contributed by atoms with Crippen LogP contribution in [0.4, 0.5) is 15.8 Å². The second kappa shape index (κ2) is 11.0. The number of rotatable bonds is 8. The molecular weight excluding hydrogens is 531 g/mol. The molecule has 1 aromatic heterocycles. The monoisotopic (exact) mass is 550 g/mol. The van der Waals surface area contributed by atoms with Gasteiger partial charge in [-0.05, 0) is 58.7 Å². The molecule has 1 N–H and O–H groups in total. The van der Waals surface area contributed by atoms with Crippen molar-refractivity contribution in [3.05, 3.63) is 92.2 Å². The average molecular weight is 551 g/mol. The van der Waals surface area contributed by atoms with Crippen molar-refractivity contribution in [3.63, 3.8) is 0 Å². The second-order valence-electron chi connectivity index (χ2n) is 8.66. The summed E-state index contributed by atoms with van der Waals surface area (Å²) in [6.45, 7) is 0.0862. The first-order valence-corrected chi connectivity index (χ1v) is 12.3. The minimum atomic E-state index is -0.580. The van der Waals surface area contributed by atoms with E-state index < -0.39 is 10.7 Å². The number of benzodiazepines with no additional fused rings is 1. The number of hydrogen-bond acceptors (Lipinski definition) is 8. The third-order valence-electron chi connectivity index (χ3n) is 6.26. The number of anilines is 1. The van der Waals surface area contributed by atoms with E-state index in [2.05, 4.69) is 25.3 Å². The molecule has 0 aliphatic carbocycles. The van der Waals surface area contributed by atoms with Gasteiger partial charge in [0.05, 0.1) is 16.3 Å². The first kappa shape index (κ1) is 25.9. The van der Waals surface area contributed by atoms with Crippen LogP contribution in [0.3, 0.4) is 0 Å². The van der Waals surface area contributed by atoms with Crippen LogP contribution in [0.5, 0.6) is 0 Å². The van der Waals surface area contributed by atoms with Crippen molar-refractivity contribution < 1.29 is 23.5 Å². The van der Waals surface area contributed by atoms with Crippen molar-refractivity contribution in [2.45, 2.75) is 12.8 Å². The van der Waals surface area contributed by atoms with E-state index in [1.165, 1.54) is 23.1 Å². The molecule has 2 amide bonds. The number of aromatic nitrogens is 2. The third-order valence-corrected chi connectivity index (χ3v) is 6.50. The van der Waals surface area contributed by atoms with Gasteiger partial charge in [-0.25, -0.2) is 9.02 Å². The second-order valence-corrected chi connectivity index (χ2v) is 9.10. The van der Waals surface area contributed by atoms with Gasteiger partial charge in [-0.2, -0.15) is 0 Å². The van der Waals surface area contributed by atoms with E-state index in [4.69, 9.17) is 11.6 Å². The van der Waals surface area contributed by atoms with Crippen LogP contribution in [0.2, 0.25) is 5.02 Å². The standard InChI is InChI=1S/C26H20ClFN6O5/c27-16-7-9-20-18(13-16)25(17-3-1-2-4-19(17)28)30-14-23(36)33(20)12-11-29-22(35)10-6-15-5-8-21(34(37)38)26-24(15)31-39-32-26/h1-5,7-9,13H,6,10-12,14H2,(H,29,35). The smallest absolute Gasteiger partial charge is 0.300 e. The summed E-state index contributed by atoms with van der Waals surface area (Å²) in [5.41, 5.74) is 2.19. The molecule has 198 valence electrons. The minimum absolute atomic E-state index is 0.0216. The number of aliphatic imine (C=N–C) groups is 1. The van der Waals surface area contributed by atoms with E-state index in [1.54, 1.807) is 36.4 Å². The van der Waals surface area contributed by atoms with E-state index in [0.29, 0.717) is 27.5 Å². The number of benzene rings is 3. The Balaban J connectivity index is 1.27. The van der Waals surface area contributed by atoms with Gasteiger partial charge in [-0.15, -0.1) is 0 Å². The molecule has 0 saturated heterocycles. The van der Waals surface area contributed by atoms with Gasteiger partial charge in [0.15, 0.2) is 0 Å². The largest absolute Gasteiger partial charge is 0.354 e. The summed E-state index contributed by atoms with van der Waals surface area (Å²) in [6.07, 6.45) is 0.318. The van der Waals surface area contributed by atoms with Gasteiger partial charge in [0.2, 0.25) is 17.3 Å². The number of nitrogens with one attached hydrogen (secondary N) is 1. The van der Waals surface area contributed by atoms with Crippen LogP contribution in [0.1, 0.15) is 23.1 Å². The SMILES string of the molecule is O=C(CCc1ccc([N+](=O)[O-])c2nonc12)NCCN1C(=O)CN=C(c2ccccc2F)c2cc(Cl)ccc21. The lowest BCUT2D eigenvalue weighted by molar-refractivity contribution is -0.383. The molecule has 1 aliphatic rings. The number of fused-ring (bicyclic) bond motifs is 2. The molecule has 0 radical (unpaired) electrons. The number of nitro groups is 1. The number of halogens is 2. The lowest BCUT2D eigenvalue weighted by Crippen LogP contribution is -2.39. The quantitative estimate of drug-likeness (QED) is 0.259. The fraction of sp³-hybridized carbons (Fsp3) is 0.192. The number of aryl methyl sites for hydroxylation is 1. The van der Waals surface area contributed by atoms with E-state index >= 15 is 0 Å². The van der Waals surface area contributed by atoms with Crippen LogP contribution in [0, 0.1) is 15.9 Å². The fourth-order valence-electron chi connectivity index (χ4n) is 4.41. The summed E-state index contributed by atoms with van der Waals surface area (Å²) < 4.78 is 19.3. The highest BCUT2D eigenvalue weighted by molar-refractivity contribution is 6.32. The van der Waals surface area contributed by atoms with Crippen molar-refractivity contribution in [1.82, 2.24) is 15.6 Å². The summed E-state index contributed by atoms with van der Waals surface area (Å²) in [7, 11) is 0. The van der Waals surface area contributed by atoms with Crippen molar-refractivity contribution in [3.8, 4) is 0 Å². The highest BCUT2D eigenvalue weighted by Crippen LogP contribution is 2.30. The normalized spacial score (nSPS) is 13.1. The number of nitrogens with zero attached hydrogens (tertiary/aromatic N) is 5. The molecule has 0 bridgehead atoms. The molecule has 13 heteroatoms. The van der Waals surface area contributed by atoms with Crippen LogP contribution < -0.4 is 10.2 Å². The maximum absolute atomic E-state index is 14.6. The van der Waals surface area contributed by atoms with E-state index in [0.717, 1.165) is 0 Å². The van der Waals surface area contributed by atoms with E-state index in [-0.39, 0.29) is 66.6 Å². The Hall–Kier alpha value is -4.71. The Bertz CT molecular complexity index is 1640. The highest BCUT2D eigenvalue weighted by Gasteiger charge is 2.26. The number of carbonyl (C=O) groups excluding carboxylic acids is 2. The molecule has 0 saturated carbocycles. The van der Waals surface area contributed by atoms with Gasteiger partial charge in [0.1, 0.15) is 17.9 Å². The molecule has 39 heavy (non-hydrogen) atoms. The van der Waals surface area contributed by atoms with Crippen molar-refractivity contribution in [2.24, 2.45) is 4.99 Å². The molecule has 11 nitrogen and oxygen atoms in total. The first-order chi connectivity index (χ1) is 18.8. The number of non-ortho nitro benzene ring substituents is 1. The minimum Gasteiger partial charge on any atom is -0.354 e. The Morgan fingerprint density at radius 2 is 1.92 bits per heavy atom. The highest BCUT2D eigenvalue weighted by atomic mass is 35.5. The summed E-state index contributed by atoms with van der Waals surface area (Å²) in [6, 6.07) is 13.9. The van der Waals surface area contributed by atoms with Gasteiger partial charge in [-0.3, -0.25) is 24.7 Å². The van der Waals surface area contributed by atoms with Crippen LogP contribution in [-0.4, -0.2) is 52.4 Å². The zero-order chi connectivity index (χ0) is 27.5. The van der Waals surface area contributed by atoms with E-state index in [9.17, 15) is 24.1 Å². The summed E-state index contributed by atoms with van der Waals surface area (Å²) >= 11 is 6.23. The van der Waals surface area contributed by atoms with E-state index in [1.807, 2.05) is 0 Å². The lowest BCUT2D eigenvalue weighted by Gasteiger charge is -2.23. The molecule has 3 aromatic carbocycles. The van der Waals surface area contributed by atoms with Crippen LogP contribution in [0.25, 0.3) is 11.0 Å². The summed E-state index contributed by atoms with van der Waals surface area (Å²) in [5, 5.41) is 21.7. The maximum atomic E-state index is 14.6. The Labute approximate surface area is 225 Å². The third kappa shape index (κ3) is 5.32. The lowest BCUT2D eigenvalue weighted by atomic mass is 9.99. The molecule has 2 heterocycles. The first-order valence-electron chi connectivity index (χ1n) is 11.9. The fourth-order valence-corrected chi connectivity index (χ4v) is 4.58. The van der Waals surface area contributed by atoms with Gasteiger partial charge in [-0.1, -0.05) is 23.7 Å². The molecule has 5 rings (SSSR count). The van der Waals surface area contributed by atoms with Crippen molar-refractivity contribution in [1.29, 1.82) is 0 Å². The molecule has 1 aliphatic heterocycles. The van der Waals surface area contributed by atoms with Crippen LogP contribution in [0.15, 0.2) is 64.2 Å². The van der Waals surface area contributed by atoms with Gasteiger partial charge in [0.25, 0.3) is 0 Å². The molecule has 4 aromatic rings. The predicted octanol–water partition coefficient (Wildman–Crippen LogP) is 3.86. The predicted molar refractivity (Wildman–Crippen MR) is 141 cm³/mol. The van der Waals surface area contributed by atoms with Gasteiger partial charge >= 0.3 is 5.69 Å². The van der Waals surface area contributed by atoms with Gasteiger partial charge in [0, 0.05) is 41.7 Å². The molecule has 0 fully saturated rings. The number of hydrogen-bond donors (Lipinski definition) is 1. The number of nitro benzene ring substituents is 1. The topological polar surface area (TPSA) is 144 Å². The molecule has 0 atom stereocenters. The van der Waals surface area contributed by atoms with Gasteiger partial charge < -0.3 is 10.2 Å². The van der Waals surface area contributed by atoms with Crippen LogP contribution >= 0.6 is 11.6 Å². The van der Waals surface area contributed by atoms with Crippen LogP contribution in [-0.2, 0) is 16.0 Å². The molecule has 0 unspecified atom stereocenters. The average Bonchev–Trinajstić information content (AvgIpc) is 3.36. The number of amides is 2. The van der Waals surface area contributed by atoms with Crippen molar-refractivity contribution in [2.75, 3.05) is 24.5 Å². The Morgan fingerprint density at radius 1 is 1.13 bits per heavy atom. The van der Waals surface area contributed by atoms with Crippen molar-refractivity contribution >= 4 is 51.5 Å². The summed E-state index contributed by atoms with van der Waals surface area (Å²) in [4.78, 5) is 42.0. The zero-order valence-electron chi connectivity index (χ0n) is 20.3. The zero-order valence-corrected chi connectivity index (χ0v) is 21.0. The summed E-state index contributed by atoms with van der Waals surface area (Å²) in [5.74, 6) is -1.08. The molecular formula is C26H20ClFN6O5. The maximum Gasteiger partial charge on any atom is 0.300 e. The number of carbonyl (C=O) groups is 2. The Morgan fingerprint density at radius 3 is 2.72 bits per heavy atom. The Kier molecular flexibility index (Phi) is 7.28.